The Morgan fingerprint density at radius 1 is 1.19 bits per heavy atom. The molecule has 37 heavy (non-hydrogen) atoms. The van der Waals surface area contributed by atoms with Crippen LogP contribution in [-0.4, -0.2) is 51.3 Å². The molecule has 5 rings (SSSR count). The largest absolute Gasteiger partial charge is 0.497 e. The molecular formula is C26H25FN6O4. The SMILES string of the molecule is COc1cccc(N2CC(C(=O)NCCn3ncc4c(=O)n(Cc5cccc(F)c5)cnc43)CC2=O)c1. The van der Waals surface area contributed by atoms with Gasteiger partial charge >= 0.3 is 0 Å². The molecule has 2 aromatic carbocycles. The van der Waals surface area contributed by atoms with Crippen molar-refractivity contribution in [2.24, 2.45) is 5.92 Å². The van der Waals surface area contributed by atoms with Gasteiger partial charge in [-0.2, -0.15) is 5.10 Å². The molecule has 1 saturated heterocycles. The van der Waals surface area contributed by atoms with Crippen LogP contribution >= 0.6 is 0 Å². The van der Waals surface area contributed by atoms with E-state index in [-0.39, 0.29) is 49.2 Å². The van der Waals surface area contributed by atoms with E-state index in [0.29, 0.717) is 34.6 Å². The van der Waals surface area contributed by atoms with Gasteiger partial charge in [0.2, 0.25) is 11.8 Å². The molecule has 2 aromatic heterocycles. The summed E-state index contributed by atoms with van der Waals surface area (Å²) >= 11 is 0. The summed E-state index contributed by atoms with van der Waals surface area (Å²) in [5.74, 6) is -0.546. The lowest BCUT2D eigenvalue weighted by Crippen LogP contribution is -2.35. The number of amides is 2. The maximum Gasteiger partial charge on any atom is 0.264 e. The quantitative estimate of drug-likeness (QED) is 0.393. The Morgan fingerprint density at radius 3 is 2.84 bits per heavy atom. The number of hydrogen-bond acceptors (Lipinski definition) is 6. The first-order valence-electron chi connectivity index (χ1n) is 11.8. The van der Waals surface area contributed by atoms with Crippen molar-refractivity contribution in [1.29, 1.82) is 0 Å². The van der Waals surface area contributed by atoms with Gasteiger partial charge in [-0.05, 0) is 29.8 Å². The highest BCUT2D eigenvalue weighted by molar-refractivity contribution is 6.00. The average molecular weight is 505 g/mol. The number of ether oxygens (including phenoxy) is 1. The van der Waals surface area contributed by atoms with Crippen LogP contribution in [0.2, 0.25) is 0 Å². The number of aromatic nitrogens is 4. The lowest BCUT2D eigenvalue weighted by atomic mass is 10.1. The van der Waals surface area contributed by atoms with E-state index in [4.69, 9.17) is 4.74 Å². The van der Waals surface area contributed by atoms with Crippen LogP contribution in [-0.2, 0) is 22.7 Å². The Bertz CT molecular complexity index is 1530. The molecule has 1 unspecified atom stereocenters. The van der Waals surface area contributed by atoms with Gasteiger partial charge in [-0.25, -0.2) is 14.1 Å². The molecule has 1 fully saturated rings. The molecule has 0 aliphatic carbocycles. The number of carbonyl (C=O) groups excluding carboxylic acids is 2. The monoisotopic (exact) mass is 504 g/mol. The van der Waals surface area contributed by atoms with E-state index in [1.807, 2.05) is 6.07 Å². The number of fused-ring (bicyclic) bond motifs is 1. The zero-order valence-corrected chi connectivity index (χ0v) is 20.1. The van der Waals surface area contributed by atoms with Crippen LogP contribution in [0.4, 0.5) is 10.1 Å². The number of nitrogens with zero attached hydrogens (tertiary/aromatic N) is 5. The van der Waals surface area contributed by atoms with Crippen LogP contribution in [0, 0.1) is 11.7 Å². The molecule has 1 aliphatic heterocycles. The minimum atomic E-state index is -0.471. The van der Waals surface area contributed by atoms with E-state index in [1.54, 1.807) is 47.0 Å². The fourth-order valence-electron chi connectivity index (χ4n) is 4.45. The maximum absolute atomic E-state index is 13.5. The van der Waals surface area contributed by atoms with Gasteiger partial charge in [0.05, 0.1) is 32.3 Å². The highest BCUT2D eigenvalue weighted by Crippen LogP contribution is 2.28. The van der Waals surface area contributed by atoms with E-state index >= 15 is 0 Å². The normalized spacial score (nSPS) is 15.4. The molecule has 0 saturated carbocycles. The van der Waals surface area contributed by atoms with E-state index in [1.165, 1.54) is 29.2 Å². The second kappa shape index (κ2) is 10.2. The highest BCUT2D eigenvalue weighted by atomic mass is 19.1. The average Bonchev–Trinajstić information content (AvgIpc) is 3.50. The molecule has 2 amide bonds. The van der Waals surface area contributed by atoms with Gasteiger partial charge in [0.15, 0.2) is 5.65 Å². The summed E-state index contributed by atoms with van der Waals surface area (Å²) in [6.45, 7) is 1.03. The van der Waals surface area contributed by atoms with E-state index < -0.39 is 5.92 Å². The topological polar surface area (TPSA) is 111 Å². The summed E-state index contributed by atoms with van der Waals surface area (Å²) in [6.07, 6.45) is 2.97. The maximum atomic E-state index is 13.5. The molecular weight excluding hydrogens is 479 g/mol. The Morgan fingerprint density at radius 2 is 2.03 bits per heavy atom. The van der Waals surface area contributed by atoms with Gasteiger partial charge in [-0.15, -0.1) is 0 Å². The smallest absolute Gasteiger partial charge is 0.264 e. The summed E-state index contributed by atoms with van der Waals surface area (Å²) in [7, 11) is 1.56. The van der Waals surface area contributed by atoms with Crippen LogP contribution in [0.3, 0.4) is 0 Å². The number of halogens is 1. The van der Waals surface area contributed by atoms with Gasteiger partial charge < -0.3 is 15.0 Å². The molecule has 1 atom stereocenters. The first-order valence-corrected chi connectivity index (χ1v) is 11.8. The van der Waals surface area contributed by atoms with Crippen LogP contribution < -0.4 is 20.5 Å². The fourth-order valence-corrected chi connectivity index (χ4v) is 4.45. The Kier molecular flexibility index (Phi) is 6.67. The van der Waals surface area contributed by atoms with E-state index in [9.17, 15) is 18.8 Å². The van der Waals surface area contributed by atoms with Crippen LogP contribution in [0.5, 0.6) is 5.75 Å². The molecule has 0 spiro atoms. The van der Waals surface area contributed by atoms with Gasteiger partial charge in [0, 0.05) is 31.3 Å². The molecule has 190 valence electrons. The van der Waals surface area contributed by atoms with Crippen molar-refractivity contribution in [2.75, 3.05) is 25.1 Å². The van der Waals surface area contributed by atoms with E-state index in [2.05, 4.69) is 15.4 Å². The van der Waals surface area contributed by atoms with Crippen molar-refractivity contribution >= 4 is 28.5 Å². The van der Waals surface area contributed by atoms with Gasteiger partial charge in [0.1, 0.15) is 23.3 Å². The van der Waals surface area contributed by atoms with Crippen molar-refractivity contribution in [2.45, 2.75) is 19.5 Å². The summed E-state index contributed by atoms with van der Waals surface area (Å²) in [5, 5.41) is 7.44. The predicted octanol–water partition coefficient (Wildman–Crippen LogP) is 1.96. The third kappa shape index (κ3) is 5.06. The Balaban J connectivity index is 1.20. The number of anilines is 1. The first-order chi connectivity index (χ1) is 17.9. The molecule has 10 nitrogen and oxygen atoms in total. The van der Waals surface area contributed by atoms with Crippen molar-refractivity contribution in [1.82, 2.24) is 24.6 Å². The summed E-state index contributed by atoms with van der Waals surface area (Å²) < 4.78 is 21.6. The molecule has 1 N–H and O–H groups in total. The first kappa shape index (κ1) is 24.2. The molecule has 3 heterocycles. The molecule has 0 bridgehead atoms. The van der Waals surface area contributed by atoms with Crippen LogP contribution in [0.1, 0.15) is 12.0 Å². The van der Waals surface area contributed by atoms with Crippen LogP contribution in [0.15, 0.2) is 65.8 Å². The predicted molar refractivity (Wildman–Crippen MR) is 134 cm³/mol. The lowest BCUT2D eigenvalue weighted by molar-refractivity contribution is -0.126. The lowest BCUT2D eigenvalue weighted by Gasteiger charge is -2.17. The second-order valence-electron chi connectivity index (χ2n) is 8.81. The van der Waals surface area contributed by atoms with Crippen molar-refractivity contribution in [3.8, 4) is 5.75 Å². The number of nitrogens with one attached hydrogen (secondary N) is 1. The number of carbonyl (C=O) groups is 2. The zero-order valence-electron chi connectivity index (χ0n) is 20.1. The third-order valence-electron chi connectivity index (χ3n) is 6.35. The molecule has 4 aromatic rings. The van der Waals surface area contributed by atoms with E-state index in [0.717, 1.165) is 0 Å². The standard InChI is InChI=1S/C26H25FN6O4/c1-37-21-7-3-6-20(12-21)32-15-18(11-23(32)34)25(35)28-8-9-33-24-22(13-30-33)26(36)31(16-29-24)14-17-4-2-5-19(27)10-17/h2-7,10,12-13,16,18H,8-9,11,14-15H2,1H3,(H,28,35). The Labute approximate surface area is 211 Å². The fraction of sp³-hybridized carbons (Fsp3) is 0.269. The minimum Gasteiger partial charge on any atom is -0.497 e. The van der Waals surface area contributed by atoms with Gasteiger partial charge in [-0.1, -0.05) is 18.2 Å². The zero-order chi connectivity index (χ0) is 25.9. The summed E-state index contributed by atoms with van der Waals surface area (Å²) in [4.78, 5) is 44.1. The second-order valence-corrected chi connectivity index (χ2v) is 8.81. The van der Waals surface area contributed by atoms with Gasteiger partial charge in [-0.3, -0.25) is 19.0 Å². The Hall–Kier alpha value is -4.54. The van der Waals surface area contributed by atoms with Crippen LogP contribution in [0.25, 0.3) is 11.0 Å². The minimum absolute atomic E-state index is 0.120. The highest BCUT2D eigenvalue weighted by Gasteiger charge is 2.35. The molecule has 11 heteroatoms. The molecule has 1 aliphatic rings. The summed E-state index contributed by atoms with van der Waals surface area (Å²) in [5.41, 5.74) is 1.45. The van der Waals surface area contributed by atoms with Gasteiger partial charge in [0.25, 0.3) is 5.56 Å². The van der Waals surface area contributed by atoms with Crippen molar-refractivity contribution in [3.05, 3.63) is 82.8 Å². The summed E-state index contributed by atoms with van der Waals surface area (Å²) in [6, 6.07) is 13.2. The number of benzene rings is 2. The number of rotatable bonds is 8. The third-order valence-corrected chi connectivity index (χ3v) is 6.35. The van der Waals surface area contributed by atoms with Crippen molar-refractivity contribution in [3.63, 3.8) is 0 Å². The number of methoxy groups -OCH3 is 1. The number of hydrogen-bond donors (Lipinski definition) is 1. The molecule has 0 radical (unpaired) electrons. The van der Waals surface area contributed by atoms with Crippen molar-refractivity contribution < 1.29 is 18.7 Å².